The molecule has 3 aromatic heterocycles. The molecule has 26 heavy (non-hydrogen) atoms. The van der Waals surface area contributed by atoms with Gasteiger partial charge in [-0.25, -0.2) is 4.98 Å². The Balaban J connectivity index is 1.96. The van der Waals surface area contributed by atoms with Crippen molar-refractivity contribution in [3.8, 4) is 11.4 Å². The fourth-order valence-corrected chi connectivity index (χ4v) is 4.99. The van der Waals surface area contributed by atoms with Crippen LogP contribution in [-0.2, 0) is 24.2 Å². The van der Waals surface area contributed by atoms with Gasteiger partial charge in [-0.15, -0.1) is 11.3 Å². The number of nitrogens with zero attached hydrogens (tertiary/aromatic N) is 3. The van der Waals surface area contributed by atoms with Crippen molar-refractivity contribution in [3.05, 3.63) is 45.3 Å². The molecule has 0 aromatic carbocycles. The number of aromatic nitrogens is 3. The number of hydrogen-bond acceptors (Lipinski definition) is 5. The topological polar surface area (TPSA) is 64.8 Å². The summed E-state index contributed by atoms with van der Waals surface area (Å²) in [7, 11) is 0. The Labute approximate surface area is 155 Å². The number of aryl methyl sites for hydroxylation is 1. The molecule has 1 unspecified atom stereocenters. The molecular weight excluding hydrogens is 346 g/mol. The molecule has 1 aliphatic rings. The molecular formula is C20H21N3O2S. The Morgan fingerprint density at radius 1 is 1.35 bits per heavy atom. The van der Waals surface area contributed by atoms with Gasteiger partial charge < -0.3 is 0 Å². The van der Waals surface area contributed by atoms with Gasteiger partial charge in [0.05, 0.1) is 5.39 Å². The first-order chi connectivity index (χ1) is 12.5. The molecule has 0 fully saturated rings. The molecule has 0 spiro atoms. The Hall–Kier alpha value is -2.34. The minimum absolute atomic E-state index is 0.0184. The van der Waals surface area contributed by atoms with Crippen LogP contribution in [0.4, 0.5) is 0 Å². The van der Waals surface area contributed by atoms with Crippen molar-refractivity contribution < 1.29 is 4.79 Å². The zero-order valence-corrected chi connectivity index (χ0v) is 15.8. The van der Waals surface area contributed by atoms with Gasteiger partial charge in [-0.2, -0.15) is 0 Å². The van der Waals surface area contributed by atoms with Crippen LogP contribution in [0.5, 0.6) is 0 Å². The minimum Gasteiger partial charge on any atom is -0.300 e. The lowest BCUT2D eigenvalue weighted by atomic mass is 9.89. The lowest BCUT2D eigenvalue weighted by Gasteiger charge is -2.17. The summed E-state index contributed by atoms with van der Waals surface area (Å²) >= 11 is 1.65. The average Bonchev–Trinajstić information content (AvgIpc) is 2.98. The summed E-state index contributed by atoms with van der Waals surface area (Å²) in [6, 6.07) is 3.71. The number of fused-ring (bicyclic) bond motifs is 3. The maximum Gasteiger partial charge on any atom is 0.262 e. The number of ketones is 1. The van der Waals surface area contributed by atoms with Crippen LogP contribution in [0.3, 0.4) is 0 Å². The van der Waals surface area contributed by atoms with Gasteiger partial charge in [0.15, 0.2) is 0 Å². The van der Waals surface area contributed by atoms with E-state index in [4.69, 9.17) is 4.98 Å². The molecule has 134 valence electrons. The molecule has 4 rings (SSSR count). The number of Topliss-reactive ketones (excluding diaryl/α,β-unsaturated/α-hetero) is 1. The second-order valence-corrected chi connectivity index (χ2v) is 8.20. The summed E-state index contributed by atoms with van der Waals surface area (Å²) in [5.74, 6) is 1.34. The molecule has 0 saturated heterocycles. The van der Waals surface area contributed by atoms with Gasteiger partial charge in [-0.05, 0) is 49.8 Å². The molecule has 1 atom stereocenters. The van der Waals surface area contributed by atoms with Crippen LogP contribution >= 0.6 is 11.3 Å². The van der Waals surface area contributed by atoms with E-state index >= 15 is 0 Å². The summed E-state index contributed by atoms with van der Waals surface area (Å²) in [6.45, 7) is 4.17. The normalized spacial score (nSPS) is 16.6. The molecule has 3 aromatic rings. The van der Waals surface area contributed by atoms with Crippen molar-refractivity contribution in [2.45, 2.75) is 46.1 Å². The standard InChI is InChI=1S/C20H21N3O2S/c1-12-3-4-15-16(11-12)26-19-17(15)20(25)23(10-7-13(2)24)18(22-19)14-5-8-21-9-6-14/h5-6,8-9,12H,3-4,7,10-11H2,1-2H3. The second kappa shape index (κ2) is 6.76. The van der Waals surface area contributed by atoms with E-state index in [1.54, 1.807) is 35.2 Å². The van der Waals surface area contributed by atoms with Crippen molar-refractivity contribution in [1.29, 1.82) is 0 Å². The van der Waals surface area contributed by atoms with E-state index in [-0.39, 0.29) is 11.3 Å². The number of carbonyl (C=O) groups is 1. The van der Waals surface area contributed by atoms with E-state index in [9.17, 15) is 9.59 Å². The Morgan fingerprint density at radius 2 is 2.12 bits per heavy atom. The number of hydrogen-bond donors (Lipinski definition) is 0. The summed E-state index contributed by atoms with van der Waals surface area (Å²) in [5, 5.41) is 0.762. The number of thiophene rings is 1. The molecule has 0 N–H and O–H groups in total. The summed E-state index contributed by atoms with van der Waals surface area (Å²) in [4.78, 5) is 35.9. The van der Waals surface area contributed by atoms with Gasteiger partial charge in [-0.1, -0.05) is 6.92 Å². The van der Waals surface area contributed by atoms with Gasteiger partial charge in [-0.3, -0.25) is 19.1 Å². The van der Waals surface area contributed by atoms with Crippen LogP contribution in [0.1, 0.15) is 37.1 Å². The fraction of sp³-hybridized carbons (Fsp3) is 0.400. The highest BCUT2D eigenvalue weighted by Gasteiger charge is 2.25. The Bertz CT molecular complexity index is 1040. The van der Waals surface area contributed by atoms with Gasteiger partial charge in [0.1, 0.15) is 16.4 Å². The average molecular weight is 367 g/mol. The summed E-state index contributed by atoms with van der Waals surface area (Å²) in [6.07, 6.45) is 6.79. The highest BCUT2D eigenvalue weighted by atomic mass is 32.1. The molecule has 0 radical (unpaired) electrons. The maximum atomic E-state index is 13.4. The molecule has 1 aliphatic carbocycles. The molecule has 3 heterocycles. The highest BCUT2D eigenvalue weighted by Crippen LogP contribution is 2.36. The van der Waals surface area contributed by atoms with Crippen LogP contribution in [0, 0.1) is 5.92 Å². The van der Waals surface area contributed by atoms with Crippen molar-refractivity contribution >= 4 is 27.3 Å². The van der Waals surface area contributed by atoms with Crippen LogP contribution in [0.25, 0.3) is 21.6 Å². The maximum absolute atomic E-state index is 13.4. The van der Waals surface area contributed by atoms with Gasteiger partial charge in [0.25, 0.3) is 5.56 Å². The third kappa shape index (κ3) is 2.98. The van der Waals surface area contributed by atoms with Crippen LogP contribution in [-0.4, -0.2) is 20.3 Å². The third-order valence-electron chi connectivity index (χ3n) is 5.04. The molecule has 5 nitrogen and oxygen atoms in total. The van der Waals surface area contributed by atoms with E-state index in [0.717, 1.165) is 35.0 Å². The monoisotopic (exact) mass is 367 g/mol. The van der Waals surface area contributed by atoms with Crippen molar-refractivity contribution in [1.82, 2.24) is 14.5 Å². The number of carbonyl (C=O) groups excluding carboxylic acids is 1. The van der Waals surface area contributed by atoms with Crippen molar-refractivity contribution in [2.75, 3.05) is 0 Å². The molecule has 0 bridgehead atoms. The van der Waals surface area contributed by atoms with Crippen molar-refractivity contribution in [2.24, 2.45) is 5.92 Å². The van der Waals surface area contributed by atoms with Crippen LogP contribution < -0.4 is 5.56 Å². The summed E-state index contributed by atoms with van der Waals surface area (Å²) < 4.78 is 1.67. The lowest BCUT2D eigenvalue weighted by Crippen LogP contribution is -2.25. The molecule has 0 saturated carbocycles. The van der Waals surface area contributed by atoms with Gasteiger partial charge in [0.2, 0.25) is 0 Å². The molecule has 0 amide bonds. The number of rotatable bonds is 4. The highest BCUT2D eigenvalue weighted by molar-refractivity contribution is 7.18. The largest absolute Gasteiger partial charge is 0.300 e. The molecule has 6 heteroatoms. The SMILES string of the molecule is CC(=O)CCn1c(-c2ccncc2)nc2sc3c(c2c1=O)CCC(C)C3. The smallest absolute Gasteiger partial charge is 0.262 e. The first-order valence-electron chi connectivity index (χ1n) is 8.99. The van der Waals surface area contributed by atoms with E-state index in [2.05, 4.69) is 11.9 Å². The van der Waals surface area contributed by atoms with E-state index in [1.807, 2.05) is 12.1 Å². The first kappa shape index (κ1) is 17.1. The van der Waals surface area contributed by atoms with E-state index in [1.165, 1.54) is 10.4 Å². The lowest BCUT2D eigenvalue weighted by molar-refractivity contribution is -0.117. The second-order valence-electron chi connectivity index (χ2n) is 7.11. The van der Waals surface area contributed by atoms with Crippen molar-refractivity contribution in [3.63, 3.8) is 0 Å². The zero-order valence-electron chi connectivity index (χ0n) is 15.0. The van der Waals surface area contributed by atoms with Gasteiger partial charge >= 0.3 is 0 Å². The minimum atomic E-state index is -0.0184. The molecule has 0 aliphatic heterocycles. The zero-order chi connectivity index (χ0) is 18.3. The predicted octanol–water partition coefficient (Wildman–Crippen LogP) is 3.62. The van der Waals surface area contributed by atoms with E-state index < -0.39 is 0 Å². The Morgan fingerprint density at radius 3 is 2.85 bits per heavy atom. The summed E-state index contributed by atoms with van der Waals surface area (Å²) in [5.41, 5.74) is 2.01. The predicted molar refractivity (Wildman–Crippen MR) is 104 cm³/mol. The van der Waals surface area contributed by atoms with Gasteiger partial charge in [0, 0.05) is 35.8 Å². The quantitative estimate of drug-likeness (QED) is 0.706. The van der Waals surface area contributed by atoms with E-state index in [0.29, 0.717) is 24.7 Å². The first-order valence-corrected chi connectivity index (χ1v) is 9.81. The third-order valence-corrected chi connectivity index (χ3v) is 6.19. The Kier molecular flexibility index (Phi) is 4.44. The number of pyridine rings is 1. The van der Waals surface area contributed by atoms with Crippen LogP contribution in [0.15, 0.2) is 29.3 Å². The van der Waals surface area contributed by atoms with Crippen LogP contribution in [0.2, 0.25) is 0 Å². The fourth-order valence-electron chi connectivity index (χ4n) is 3.62.